The molecule has 0 aromatic carbocycles. The number of aliphatic hydroxyl groups is 1. The van der Waals surface area contributed by atoms with Gasteiger partial charge in [0.15, 0.2) is 0 Å². The fourth-order valence-corrected chi connectivity index (χ4v) is 2.37. The minimum atomic E-state index is -0.426. The first-order valence-corrected chi connectivity index (χ1v) is 6.70. The van der Waals surface area contributed by atoms with Crippen molar-refractivity contribution < 1.29 is 9.90 Å². The predicted octanol–water partition coefficient (Wildman–Crippen LogP) is 1.03. The molecule has 1 rings (SSSR count). The Kier molecular flexibility index (Phi) is 5.92. The molecule has 1 aliphatic rings. The number of nitrogens with two attached hydrogens (primary N) is 1. The standard InChI is InChI=1S/C13H26N2O2/c1-9(2)7-12(16)8-15-13(17)10-3-5-11(14)6-4-10/h9-12,16H,3-8,14H2,1-2H3,(H,15,17). The minimum absolute atomic E-state index is 0.0831. The van der Waals surface area contributed by atoms with Crippen molar-refractivity contribution in [3.05, 3.63) is 0 Å². The van der Waals surface area contributed by atoms with E-state index in [1.54, 1.807) is 0 Å². The van der Waals surface area contributed by atoms with Gasteiger partial charge < -0.3 is 16.2 Å². The largest absolute Gasteiger partial charge is 0.391 e. The molecule has 1 fully saturated rings. The fourth-order valence-electron chi connectivity index (χ4n) is 2.37. The number of rotatable bonds is 5. The van der Waals surface area contributed by atoms with Gasteiger partial charge in [-0.25, -0.2) is 0 Å². The van der Waals surface area contributed by atoms with E-state index in [0.717, 1.165) is 32.1 Å². The van der Waals surface area contributed by atoms with Crippen molar-refractivity contribution in [3.63, 3.8) is 0 Å². The Morgan fingerprint density at radius 2 is 1.94 bits per heavy atom. The lowest BCUT2D eigenvalue weighted by Gasteiger charge is -2.25. The van der Waals surface area contributed by atoms with Crippen molar-refractivity contribution in [1.29, 1.82) is 0 Å². The molecule has 1 unspecified atom stereocenters. The van der Waals surface area contributed by atoms with Crippen LogP contribution in [0.5, 0.6) is 0 Å². The van der Waals surface area contributed by atoms with Gasteiger partial charge in [0.1, 0.15) is 0 Å². The van der Waals surface area contributed by atoms with Gasteiger partial charge in [0.05, 0.1) is 6.10 Å². The second kappa shape index (κ2) is 6.97. The first-order valence-electron chi connectivity index (χ1n) is 6.70. The normalized spacial score (nSPS) is 26.9. The van der Waals surface area contributed by atoms with Crippen LogP contribution in [0.3, 0.4) is 0 Å². The Labute approximate surface area is 104 Å². The Morgan fingerprint density at radius 1 is 1.35 bits per heavy atom. The average molecular weight is 242 g/mol. The van der Waals surface area contributed by atoms with E-state index in [2.05, 4.69) is 19.2 Å². The van der Waals surface area contributed by atoms with Gasteiger partial charge in [0, 0.05) is 18.5 Å². The topological polar surface area (TPSA) is 75.3 Å². The molecule has 1 atom stereocenters. The number of nitrogens with one attached hydrogen (secondary N) is 1. The summed E-state index contributed by atoms with van der Waals surface area (Å²) in [4.78, 5) is 11.8. The van der Waals surface area contributed by atoms with E-state index in [1.807, 2.05) is 0 Å². The van der Waals surface area contributed by atoms with Gasteiger partial charge in [-0.2, -0.15) is 0 Å². The highest BCUT2D eigenvalue weighted by molar-refractivity contribution is 5.78. The SMILES string of the molecule is CC(C)CC(O)CNC(=O)C1CCC(N)CC1. The van der Waals surface area contributed by atoms with Crippen molar-refractivity contribution in [2.45, 2.75) is 58.1 Å². The van der Waals surface area contributed by atoms with E-state index in [1.165, 1.54) is 0 Å². The van der Waals surface area contributed by atoms with Crippen LogP contribution in [0.4, 0.5) is 0 Å². The van der Waals surface area contributed by atoms with Gasteiger partial charge in [-0.15, -0.1) is 0 Å². The van der Waals surface area contributed by atoms with Gasteiger partial charge in [0.2, 0.25) is 5.91 Å². The van der Waals surface area contributed by atoms with Gasteiger partial charge in [0.25, 0.3) is 0 Å². The summed E-state index contributed by atoms with van der Waals surface area (Å²) in [6.45, 7) is 4.50. The molecule has 100 valence electrons. The molecular weight excluding hydrogens is 216 g/mol. The molecule has 4 nitrogen and oxygen atoms in total. The monoisotopic (exact) mass is 242 g/mol. The number of carbonyl (C=O) groups excluding carboxylic acids is 1. The lowest BCUT2D eigenvalue weighted by Crippen LogP contribution is -2.39. The van der Waals surface area contributed by atoms with E-state index in [0.29, 0.717) is 12.5 Å². The van der Waals surface area contributed by atoms with Crippen molar-refractivity contribution >= 4 is 5.91 Å². The third kappa shape index (κ3) is 5.50. The molecule has 1 saturated carbocycles. The summed E-state index contributed by atoms with van der Waals surface area (Å²) < 4.78 is 0. The fraction of sp³-hybridized carbons (Fsp3) is 0.923. The van der Waals surface area contributed by atoms with Crippen molar-refractivity contribution in [2.75, 3.05) is 6.54 Å². The first-order chi connectivity index (χ1) is 7.99. The van der Waals surface area contributed by atoms with Crippen LogP contribution in [0.25, 0.3) is 0 Å². The molecule has 17 heavy (non-hydrogen) atoms. The van der Waals surface area contributed by atoms with Gasteiger partial charge in [-0.05, 0) is 38.0 Å². The highest BCUT2D eigenvalue weighted by atomic mass is 16.3. The summed E-state index contributed by atoms with van der Waals surface area (Å²) in [6.07, 6.45) is 3.94. The second-order valence-corrected chi connectivity index (χ2v) is 5.64. The maximum absolute atomic E-state index is 11.8. The highest BCUT2D eigenvalue weighted by Crippen LogP contribution is 2.23. The van der Waals surface area contributed by atoms with Crippen LogP contribution in [-0.2, 0) is 4.79 Å². The van der Waals surface area contributed by atoms with Gasteiger partial charge >= 0.3 is 0 Å². The molecule has 4 heteroatoms. The van der Waals surface area contributed by atoms with Crippen molar-refractivity contribution in [1.82, 2.24) is 5.32 Å². The number of aliphatic hydroxyl groups excluding tert-OH is 1. The molecular formula is C13H26N2O2. The van der Waals surface area contributed by atoms with Gasteiger partial charge in [-0.1, -0.05) is 13.8 Å². The molecule has 0 bridgehead atoms. The van der Waals surface area contributed by atoms with E-state index in [9.17, 15) is 9.90 Å². The lowest BCUT2D eigenvalue weighted by molar-refractivity contribution is -0.126. The summed E-state index contributed by atoms with van der Waals surface area (Å²) in [5.74, 6) is 0.635. The van der Waals surface area contributed by atoms with Crippen LogP contribution in [0, 0.1) is 11.8 Å². The van der Waals surface area contributed by atoms with Crippen LogP contribution in [0.15, 0.2) is 0 Å². The molecule has 0 saturated heterocycles. The molecule has 0 aromatic rings. The second-order valence-electron chi connectivity index (χ2n) is 5.64. The van der Waals surface area contributed by atoms with E-state index in [-0.39, 0.29) is 17.9 Å². The molecule has 1 amide bonds. The number of hydrogen-bond acceptors (Lipinski definition) is 3. The Bertz CT molecular complexity index is 236. The zero-order valence-electron chi connectivity index (χ0n) is 11.0. The summed E-state index contributed by atoms with van der Waals surface area (Å²) in [7, 11) is 0. The molecule has 4 N–H and O–H groups in total. The smallest absolute Gasteiger partial charge is 0.223 e. The molecule has 0 radical (unpaired) electrons. The van der Waals surface area contributed by atoms with E-state index < -0.39 is 6.10 Å². The number of amides is 1. The maximum Gasteiger partial charge on any atom is 0.223 e. The number of hydrogen-bond donors (Lipinski definition) is 3. The molecule has 0 aliphatic heterocycles. The maximum atomic E-state index is 11.8. The van der Waals surface area contributed by atoms with Crippen LogP contribution < -0.4 is 11.1 Å². The van der Waals surface area contributed by atoms with E-state index >= 15 is 0 Å². The summed E-state index contributed by atoms with van der Waals surface area (Å²) in [6, 6.07) is 0.269. The quantitative estimate of drug-likeness (QED) is 0.674. The zero-order chi connectivity index (χ0) is 12.8. The zero-order valence-corrected chi connectivity index (χ0v) is 11.0. The van der Waals surface area contributed by atoms with Crippen LogP contribution in [0.2, 0.25) is 0 Å². The van der Waals surface area contributed by atoms with Crippen molar-refractivity contribution in [3.8, 4) is 0 Å². The molecule has 0 aromatic heterocycles. The van der Waals surface area contributed by atoms with Crippen LogP contribution >= 0.6 is 0 Å². The molecule has 0 heterocycles. The Hall–Kier alpha value is -0.610. The Balaban J connectivity index is 2.20. The predicted molar refractivity (Wildman–Crippen MR) is 68.4 cm³/mol. The third-order valence-electron chi connectivity index (χ3n) is 3.40. The molecule has 0 spiro atoms. The van der Waals surface area contributed by atoms with E-state index in [4.69, 9.17) is 5.73 Å². The summed E-state index contributed by atoms with van der Waals surface area (Å²) in [5.41, 5.74) is 5.80. The average Bonchev–Trinajstić information content (AvgIpc) is 2.26. The Morgan fingerprint density at radius 3 is 2.47 bits per heavy atom. The van der Waals surface area contributed by atoms with Crippen LogP contribution in [-0.4, -0.2) is 29.7 Å². The summed E-state index contributed by atoms with van der Waals surface area (Å²) >= 11 is 0. The van der Waals surface area contributed by atoms with Crippen LogP contribution in [0.1, 0.15) is 46.0 Å². The van der Waals surface area contributed by atoms with Crippen molar-refractivity contribution in [2.24, 2.45) is 17.6 Å². The molecule has 1 aliphatic carbocycles. The summed E-state index contributed by atoms with van der Waals surface area (Å²) in [5, 5.41) is 12.5. The highest BCUT2D eigenvalue weighted by Gasteiger charge is 2.24. The minimum Gasteiger partial charge on any atom is -0.391 e. The third-order valence-corrected chi connectivity index (χ3v) is 3.40. The van der Waals surface area contributed by atoms with Gasteiger partial charge in [-0.3, -0.25) is 4.79 Å². The number of carbonyl (C=O) groups is 1. The lowest BCUT2D eigenvalue weighted by atomic mass is 9.86. The first kappa shape index (κ1) is 14.5.